The Balaban J connectivity index is 2.18. The predicted molar refractivity (Wildman–Crippen MR) is 68.3 cm³/mol. The van der Waals surface area contributed by atoms with Crippen molar-refractivity contribution in [2.75, 3.05) is 0 Å². The molecule has 6 nitrogen and oxygen atoms in total. The molecule has 0 fully saturated rings. The molecule has 2 N–H and O–H groups in total. The Morgan fingerprint density at radius 1 is 1.56 bits per heavy atom. The predicted octanol–water partition coefficient (Wildman–Crippen LogP) is 1.28. The quantitative estimate of drug-likeness (QED) is 0.922. The summed E-state index contributed by atoms with van der Waals surface area (Å²) < 4.78 is 7.66. The van der Waals surface area contributed by atoms with Crippen LogP contribution in [0.1, 0.15) is 6.92 Å². The highest BCUT2D eigenvalue weighted by Gasteiger charge is 2.13. The van der Waals surface area contributed by atoms with Crippen molar-refractivity contribution in [2.45, 2.75) is 13.0 Å². The molecule has 1 amide bonds. The maximum Gasteiger partial charge on any atom is 0.336 e. The third kappa shape index (κ3) is 2.86. The molecule has 1 aromatic carbocycles. The third-order valence-electron chi connectivity index (χ3n) is 2.23. The number of nitrogens with two attached hydrogens (primary N) is 1. The van der Waals surface area contributed by atoms with Gasteiger partial charge in [-0.15, -0.1) is 5.10 Å². The van der Waals surface area contributed by atoms with Gasteiger partial charge in [-0.3, -0.25) is 4.79 Å². The third-order valence-corrected chi connectivity index (χ3v) is 2.72. The van der Waals surface area contributed by atoms with Crippen molar-refractivity contribution >= 4 is 21.8 Å². The fraction of sp³-hybridized carbons (Fsp3) is 0.182. The number of benzene rings is 1. The molecule has 18 heavy (non-hydrogen) atoms. The van der Waals surface area contributed by atoms with Gasteiger partial charge < -0.3 is 10.5 Å². The normalized spacial score (nSPS) is 12.1. The lowest BCUT2D eigenvalue weighted by molar-refractivity contribution is -0.124. The average Bonchev–Trinajstić information content (AvgIpc) is 2.77. The first-order chi connectivity index (χ1) is 8.56. The fourth-order valence-electron chi connectivity index (χ4n) is 1.26. The molecule has 0 saturated carbocycles. The van der Waals surface area contributed by atoms with Gasteiger partial charge in [-0.25, -0.2) is 4.68 Å². The lowest BCUT2D eigenvalue weighted by atomic mass is 10.3. The SMILES string of the molecule is CC(Oc1ncn(-c2cccc(Br)c2)n1)C(N)=O. The standard InChI is InChI=1S/C11H11BrN4O2/c1-7(10(13)17)18-11-14-6-16(15-11)9-4-2-3-8(12)5-9/h2-7H,1H3,(H2,13,17). The van der Waals surface area contributed by atoms with E-state index < -0.39 is 12.0 Å². The van der Waals surface area contributed by atoms with E-state index in [-0.39, 0.29) is 6.01 Å². The van der Waals surface area contributed by atoms with Gasteiger partial charge >= 0.3 is 6.01 Å². The first-order valence-electron chi connectivity index (χ1n) is 5.20. The summed E-state index contributed by atoms with van der Waals surface area (Å²) in [4.78, 5) is 14.8. The minimum Gasteiger partial charge on any atom is -0.449 e. The Kier molecular flexibility index (Phi) is 3.61. The van der Waals surface area contributed by atoms with Gasteiger partial charge in [-0.2, -0.15) is 4.98 Å². The van der Waals surface area contributed by atoms with E-state index >= 15 is 0 Å². The number of hydrogen-bond acceptors (Lipinski definition) is 4. The number of carbonyl (C=O) groups is 1. The summed E-state index contributed by atoms with van der Waals surface area (Å²) in [5.74, 6) is -0.561. The van der Waals surface area contributed by atoms with E-state index in [4.69, 9.17) is 10.5 Å². The second-order valence-corrected chi connectivity index (χ2v) is 4.53. The Hall–Kier alpha value is -1.89. The number of aromatic nitrogens is 3. The van der Waals surface area contributed by atoms with Gasteiger partial charge in [0.15, 0.2) is 6.10 Å². The van der Waals surface area contributed by atoms with Crippen molar-refractivity contribution in [1.82, 2.24) is 14.8 Å². The molecule has 0 aliphatic heterocycles. The average molecular weight is 311 g/mol. The van der Waals surface area contributed by atoms with Gasteiger partial charge in [0.2, 0.25) is 0 Å². The number of amides is 1. The van der Waals surface area contributed by atoms with Crippen molar-refractivity contribution in [3.8, 4) is 11.7 Å². The molecule has 0 radical (unpaired) electrons. The molecule has 1 aromatic heterocycles. The zero-order valence-corrected chi connectivity index (χ0v) is 11.2. The first-order valence-corrected chi connectivity index (χ1v) is 5.99. The topological polar surface area (TPSA) is 83.0 Å². The van der Waals surface area contributed by atoms with Crippen LogP contribution in [0.4, 0.5) is 0 Å². The molecular formula is C11H11BrN4O2. The summed E-state index contributed by atoms with van der Waals surface area (Å²) in [7, 11) is 0. The van der Waals surface area contributed by atoms with Crippen LogP contribution >= 0.6 is 15.9 Å². The molecule has 0 aliphatic carbocycles. The second-order valence-electron chi connectivity index (χ2n) is 3.61. The van der Waals surface area contributed by atoms with E-state index in [9.17, 15) is 4.79 Å². The molecule has 1 atom stereocenters. The molecule has 0 aliphatic rings. The van der Waals surface area contributed by atoms with Crippen LogP contribution in [-0.4, -0.2) is 26.8 Å². The summed E-state index contributed by atoms with van der Waals surface area (Å²) >= 11 is 3.37. The monoisotopic (exact) mass is 310 g/mol. The lowest BCUT2D eigenvalue weighted by Crippen LogP contribution is -2.31. The Labute approximate surface area is 112 Å². The molecule has 2 rings (SSSR count). The highest BCUT2D eigenvalue weighted by atomic mass is 79.9. The molecule has 2 aromatic rings. The van der Waals surface area contributed by atoms with Crippen molar-refractivity contribution in [3.05, 3.63) is 35.1 Å². The van der Waals surface area contributed by atoms with E-state index in [0.717, 1.165) is 10.2 Å². The van der Waals surface area contributed by atoms with Crippen molar-refractivity contribution in [2.24, 2.45) is 5.73 Å². The molecule has 0 spiro atoms. The molecule has 94 valence electrons. The highest BCUT2D eigenvalue weighted by Crippen LogP contribution is 2.15. The van der Waals surface area contributed by atoms with E-state index in [1.165, 1.54) is 6.33 Å². The highest BCUT2D eigenvalue weighted by molar-refractivity contribution is 9.10. The summed E-state index contributed by atoms with van der Waals surface area (Å²) in [6, 6.07) is 7.67. The van der Waals surface area contributed by atoms with Crippen molar-refractivity contribution < 1.29 is 9.53 Å². The molecule has 1 heterocycles. The minimum atomic E-state index is -0.761. The number of carbonyl (C=O) groups excluding carboxylic acids is 1. The number of hydrogen-bond donors (Lipinski definition) is 1. The van der Waals surface area contributed by atoms with Crippen LogP contribution in [0.2, 0.25) is 0 Å². The van der Waals surface area contributed by atoms with Gasteiger partial charge in [0, 0.05) is 4.47 Å². The smallest absolute Gasteiger partial charge is 0.336 e. The van der Waals surface area contributed by atoms with E-state index in [0.29, 0.717) is 0 Å². The summed E-state index contributed by atoms with van der Waals surface area (Å²) in [5.41, 5.74) is 5.92. The van der Waals surface area contributed by atoms with Gasteiger partial charge in [0.05, 0.1) is 5.69 Å². The summed E-state index contributed by atoms with van der Waals surface area (Å²) in [6.07, 6.45) is 0.744. The summed E-state index contributed by atoms with van der Waals surface area (Å²) in [6.45, 7) is 1.54. The Morgan fingerprint density at radius 2 is 2.33 bits per heavy atom. The number of nitrogens with zero attached hydrogens (tertiary/aromatic N) is 3. The van der Waals surface area contributed by atoms with E-state index in [1.807, 2.05) is 24.3 Å². The number of halogens is 1. The van der Waals surface area contributed by atoms with Crippen LogP contribution in [-0.2, 0) is 4.79 Å². The zero-order valence-electron chi connectivity index (χ0n) is 9.58. The molecular weight excluding hydrogens is 300 g/mol. The van der Waals surface area contributed by atoms with Crippen molar-refractivity contribution in [1.29, 1.82) is 0 Å². The van der Waals surface area contributed by atoms with E-state index in [1.54, 1.807) is 11.6 Å². The maximum absolute atomic E-state index is 10.9. The number of primary amides is 1. The second kappa shape index (κ2) is 5.18. The molecule has 0 saturated heterocycles. The van der Waals surface area contributed by atoms with Gasteiger partial charge in [-0.1, -0.05) is 22.0 Å². The zero-order chi connectivity index (χ0) is 13.1. The van der Waals surface area contributed by atoms with Crippen molar-refractivity contribution in [3.63, 3.8) is 0 Å². The van der Waals surface area contributed by atoms with Gasteiger partial charge in [-0.05, 0) is 25.1 Å². The molecule has 1 unspecified atom stereocenters. The van der Waals surface area contributed by atoms with Crippen LogP contribution in [0.25, 0.3) is 5.69 Å². The lowest BCUT2D eigenvalue weighted by Gasteiger charge is -2.06. The van der Waals surface area contributed by atoms with Crippen LogP contribution < -0.4 is 10.5 Å². The Morgan fingerprint density at radius 3 is 3.00 bits per heavy atom. The molecule has 7 heteroatoms. The summed E-state index contributed by atoms with van der Waals surface area (Å²) in [5, 5.41) is 4.10. The fourth-order valence-corrected chi connectivity index (χ4v) is 1.65. The van der Waals surface area contributed by atoms with Crippen LogP contribution in [0.5, 0.6) is 6.01 Å². The van der Waals surface area contributed by atoms with Crippen LogP contribution in [0.15, 0.2) is 35.1 Å². The number of ether oxygens (including phenoxy) is 1. The Bertz CT molecular complexity index is 570. The van der Waals surface area contributed by atoms with Gasteiger partial charge in [0.1, 0.15) is 6.33 Å². The van der Waals surface area contributed by atoms with Crippen LogP contribution in [0, 0.1) is 0 Å². The van der Waals surface area contributed by atoms with Gasteiger partial charge in [0.25, 0.3) is 5.91 Å². The van der Waals surface area contributed by atoms with Crippen LogP contribution in [0.3, 0.4) is 0 Å². The maximum atomic E-state index is 10.9. The first kappa shape index (κ1) is 12.6. The molecule has 0 bridgehead atoms. The number of rotatable bonds is 4. The largest absolute Gasteiger partial charge is 0.449 e. The minimum absolute atomic E-state index is 0.112. The van der Waals surface area contributed by atoms with E-state index in [2.05, 4.69) is 26.0 Å².